The number of nitro benzene ring substituents is 1. The Morgan fingerprint density at radius 1 is 1.00 bits per heavy atom. The number of hydrogen-bond acceptors (Lipinski definition) is 5. The number of rotatable bonds is 5. The van der Waals surface area contributed by atoms with Crippen LogP contribution in [0.5, 0.6) is 17.2 Å². The fourth-order valence-electron chi connectivity index (χ4n) is 3.84. The predicted octanol–water partition coefficient (Wildman–Crippen LogP) is 5.11. The minimum atomic E-state index is -0.514. The van der Waals surface area contributed by atoms with Crippen molar-refractivity contribution in [1.82, 2.24) is 4.90 Å². The Kier molecular flexibility index (Phi) is 5.84. The van der Waals surface area contributed by atoms with E-state index in [0.29, 0.717) is 30.5 Å². The Morgan fingerprint density at radius 2 is 1.68 bits per heavy atom. The van der Waals surface area contributed by atoms with Crippen LogP contribution in [-0.4, -0.2) is 33.9 Å². The van der Waals surface area contributed by atoms with Gasteiger partial charge in [-0.15, -0.1) is 0 Å². The van der Waals surface area contributed by atoms with Crippen molar-refractivity contribution in [3.63, 3.8) is 0 Å². The number of amides is 1. The first-order valence-corrected chi connectivity index (χ1v) is 10.1. The molecular formula is C24H22N2O5. The highest BCUT2D eigenvalue weighted by Crippen LogP contribution is 2.33. The Morgan fingerprint density at radius 3 is 2.32 bits per heavy atom. The van der Waals surface area contributed by atoms with Crippen LogP contribution in [0.1, 0.15) is 34.7 Å². The van der Waals surface area contributed by atoms with E-state index in [1.54, 1.807) is 29.2 Å². The predicted molar refractivity (Wildman–Crippen MR) is 116 cm³/mol. The molecule has 1 heterocycles. The minimum Gasteiger partial charge on any atom is -0.508 e. The van der Waals surface area contributed by atoms with Crippen LogP contribution in [0, 0.1) is 10.1 Å². The molecule has 1 aliphatic heterocycles. The summed E-state index contributed by atoms with van der Waals surface area (Å²) in [6.45, 7) is 1.08. The van der Waals surface area contributed by atoms with Crippen LogP contribution in [0.3, 0.4) is 0 Å². The van der Waals surface area contributed by atoms with E-state index < -0.39 is 4.92 Å². The molecule has 0 bridgehead atoms. The fraction of sp³-hybridized carbons (Fsp3) is 0.208. The largest absolute Gasteiger partial charge is 0.508 e. The number of nitrogens with zero attached hydrogens (tertiary/aromatic N) is 2. The number of aromatic hydroxyl groups is 1. The average Bonchev–Trinajstić information content (AvgIpc) is 2.80. The topological polar surface area (TPSA) is 92.9 Å². The van der Waals surface area contributed by atoms with Gasteiger partial charge in [0.2, 0.25) is 0 Å². The van der Waals surface area contributed by atoms with E-state index in [4.69, 9.17) is 4.74 Å². The Hall–Kier alpha value is -3.87. The lowest BCUT2D eigenvalue weighted by Gasteiger charge is -2.32. The number of benzene rings is 3. The van der Waals surface area contributed by atoms with Crippen LogP contribution in [0.4, 0.5) is 5.69 Å². The molecule has 1 amide bonds. The third kappa shape index (κ3) is 4.66. The summed E-state index contributed by atoms with van der Waals surface area (Å²) < 4.78 is 5.86. The van der Waals surface area contributed by atoms with Gasteiger partial charge in [-0.2, -0.15) is 0 Å². The molecule has 31 heavy (non-hydrogen) atoms. The maximum Gasteiger partial charge on any atom is 0.270 e. The molecule has 1 N–H and O–H groups in total. The monoisotopic (exact) mass is 418 g/mol. The second kappa shape index (κ2) is 8.87. The summed E-state index contributed by atoms with van der Waals surface area (Å²) in [5.41, 5.74) is 1.16. The van der Waals surface area contributed by atoms with Gasteiger partial charge >= 0.3 is 0 Å². The highest BCUT2D eigenvalue weighted by atomic mass is 16.6. The lowest BCUT2D eigenvalue weighted by atomic mass is 9.89. The Bertz CT molecular complexity index is 1070. The number of piperidine rings is 1. The SMILES string of the molecule is O=C(c1cc([N+](=O)[O-])ccc1Oc1ccccc1)N1CCC(c2ccc(O)cc2)CC1. The number of hydrogen-bond donors (Lipinski definition) is 1. The summed E-state index contributed by atoms with van der Waals surface area (Å²) in [6.07, 6.45) is 1.56. The molecule has 1 fully saturated rings. The van der Waals surface area contributed by atoms with Gasteiger partial charge < -0.3 is 14.7 Å². The second-order valence-electron chi connectivity index (χ2n) is 7.51. The Balaban J connectivity index is 1.53. The molecule has 0 unspecified atom stereocenters. The first kappa shape index (κ1) is 20.4. The number of nitro groups is 1. The van der Waals surface area contributed by atoms with Crippen molar-refractivity contribution < 1.29 is 19.6 Å². The van der Waals surface area contributed by atoms with E-state index in [0.717, 1.165) is 18.4 Å². The fourth-order valence-corrected chi connectivity index (χ4v) is 3.84. The summed E-state index contributed by atoms with van der Waals surface area (Å²) in [5.74, 6) is 1.10. The number of non-ortho nitro benzene ring substituents is 1. The summed E-state index contributed by atoms with van der Waals surface area (Å²) in [4.78, 5) is 25.7. The summed E-state index contributed by atoms with van der Waals surface area (Å²) in [7, 11) is 0. The van der Waals surface area contributed by atoms with Gasteiger partial charge in [0.25, 0.3) is 11.6 Å². The number of carbonyl (C=O) groups is 1. The molecule has 0 radical (unpaired) electrons. The lowest BCUT2D eigenvalue weighted by Crippen LogP contribution is -2.38. The second-order valence-corrected chi connectivity index (χ2v) is 7.51. The number of carbonyl (C=O) groups excluding carboxylic acids is 1. The highest BCUT2D eigenvalue weighted by molar-refractivity contribution is 5.97. The summed E-state index contributed by atoms with van der Waals surface area (Å²) in [6, 6.07) is 20.3. The lowest BCUT2D eigenvalue weighted by molar-refractivity contribution is -0.384. The summed E-state index contributed by atoms with van der Waals surface area (Å²) >= 11 is 0. The van der Waals surface area contributed by atoms with Gasteiger partial charge in [-0.3, -0.25) is 14.9 Å². The van der Waals surface area contributed by atoms with Gasteiger partial charge in [0.05, 0.1) is 10.5 Å². The molecule has 7 heteroatoms. The molecule has 0 atom stereocenters. The van der Waals surface area contributed by atoms with Crippen molar-refractivity contribution in [2.24, 2.45) is 0 Å². The number of phenolic OH excluding ortho intramolecular Hbond substituents is 1. The van der Waals surface area contributed by atoms with Gasteiger partial charge in [-0.1, -0.05) is 30.3 Å². The van der Waals surface area contributed by atoms with Gasteiger partial charge in [-0.05, 0) is 54.7 Å². The van der Waals surface area contributed by atoms with Crippen LogP contribution >= 0.6 is 0 Å². The molecule has 4 rings (SSSR count). The first-order valence-electron chi connectivity index (χ1n) is 10.1. The maximum absolute atomic E-state index is 13.3. The number of para-hydroxylation sites is 1. The Labute approximate surface area is 179 Å². The van der Waals surface area contributed by atoms with Crippen LogP contribution in [-0.2, 0) is 0 Å². The maximum atomic E-state index is 13.3. The third-order valence-corrected chi connectivity index (χ3v) is 5.52. The first-order chi connectivity index (χ1) is 15.0. The van der Waals surface area contributed by atoms with E-state index in [-0.39, 0.29) is 22.9 Å². The molecule has 1 aliphatic rings. The standard InChI is InChI=1S/C24H22N2O5/c27-20-9-6-17(7-10-20)18-12-14-25(15-13-18)24(28)22-16-19(26(29)30)8-11-23(22)31-21-4-2-1-3-5-21/h1-11,16,18,27H,12-15H2. The molecule has 0 aliphatic carbocycles. The van der Waals surface area contributed by atoms with Crippen molar-refractivity contribution in [2.45, 2.75) is 18.8 Å². The average molecular weight is 418 g/mol. The van der Waals surface area contributed by atoms with E-state index in [1.807, 2.05) is 30.3 Å². The molecule has 0 spiro atoms. The van der Waals surface area contributed by atoms with E-state index in [2.05, 4.69) is 0 Å². The van der Waals surface area contributed by atoms with Gasteiger partial charge in [0.15, 0.2) is 0 Å². The van der Waals surface area contributed by atoms with Crippen molar-refractivity contribution in [3.8, 4) is 17.2 Å². The quantitative estimate of drug-likeness (QED) is 0.459. The van der Waals surface area contributed by atoms with Gasteiger partial charge in [0.1, 0.15) is 17.2 Å². The van der Waals surface area contributed by atoms with E-state index >= 15 is 0 Å². The highest BCUT2D eigenvalue weighted by Gasteiger charge is 2.28. The van der Waals surface area contributed by atoms with Gasteiger partial charge in [0, 0.05) is 25.2 Å². The van der Waals surface area contributed by atoms with Crippen molar-refractivity contribution in [1.29, 1.82) is 0 Å². The normalized spacial score (nSPS) is 14.3. The van der Waals surface area contributed by atoms with Gasteiger partial charge in [-0.25, -0.2) is 0 Å². The van der Waals surface area contributed by atoms with Crippen LogP contribution in [0.2, 0.25) is 0 Å². The zero-order valence-corrected chi connectivity index (χ0v) is 16.8. The molecule has 0 aromatic heterocycles. The molecule has 0 saturated carbocycles. The van der Waals surface area contributed by atoms with Crippen molar-refractivity contribution >= 4 is 11.6 Å². The van der Waals surface area contributed by atoms with Crippen molar-refractivity contribution in [2.75, 3.05) is 13.1 Å². The van der Waals surface area contributed by atoms with Crippen LogP contribution < -0.4 is 4.74 Å². The molecule has 3 aromatic rings. The van der Waals surface area contributed by atoms with E-state index in [9.17, 15) is 20.0 Å². The van der Waals surface area contributed by atoms with Crippen LogP contribution in [0.25, 0.3) is 0 Å². The summed E-state index contributed by atoms with van der Waals surface area (Å²) in [5, 5.41) is 20.7. The third-order valence-electron chi connectivity index (χ3n) is 5.52. The molecule has 7 nitrogen and oxygen atoms in total. The number of ether oxygens (including phenoxy) is 1. The number of likely N-dealkylation sites (tertiary alicyclic amines) is 1. The zero-order valence-electron chi connectivity index (χ0n) is 16.8. The van der Waals surface area contributed by atoms with E-state index in [1.165, 1.54) is 18.2 Å². The molecular weight excluding hydrogens is 396 g/mol. The van der Waals surface area contributed by atoms with Crippen molar-refractivity contribution in [3.05, 3.63) is 94.0 Å². The number of phenols is 1. The zero-order chi connectivity index (χ0) is 21.8. The smallest absolute Gasteiger partial charge is 0.270 e. The molecule has 3 aromatic carbocycles. The molecule has 158 valence electrons. The molecule has 1 saturated heterocycles. The van der Waals surface area contributed by atoms with Crippen LogP contribution in [0.15, 0.2) is 72.8 Å². The minimum absolute atomic E-state index is 0.150.